The lowest BCUT2D eigenvalue weighted by Crippen LogP contribution is -2.26. The van der Waals surface area contributed by atoms with Crippen molar-refractivity contribution in [2.24, 2.45) is 5.92 Å². The zero-order valence-corrected chi connectivity index (χ0v) is 17.9. The maximum Gasteiger partial charge on any atom is 0.167 e. The van der Waals surface area contributed by atoms with E-state index < -0.39 is 0 Å². The lowest BCUT2D eigenvalue weighted by atomic mass is 9.99. The molecule has 2 rings (SSSR count). The predicted molar refractivity (Wildman–Crippen MR) is 117 cm³/mol. The summed E-state index contributed by atoms with van der Waals surface area (Å²) in [7, 11) is 0. The molecule has 3 N–H and O–H groups in total. The van der Waals surface area contributed by atoms with Crippen LogP contribution in [0.15, 0.2) is 30.6 Å². The molecule has 0 aliphatic carbocycles. The van der Waals surface area contributed by atoms with Gasteiger partial charge < -0.3 is 16.0 Å². The highest BCUT2D eigenvalue weighted by atomic mass is 35.5. The van der Waals surface area contributed by atoms with Gasteiger partial charge in [0.1, 0.15) is 5.69 Å². The highest BCUT2D eigenvalue weighted by molar-refractivity contribution is 6.30. The Balaban J connectivity index is 0.000000283. The number of nitrogens with two attached hydrogens (primary N) is 1. The third-order valence-corrected chi connectivity index (χ3v) is 4.48. The number of halogens is 2. The molecule has 28 heavy (non-hydrogen) atoms. The van der Waals surface area contributed by atoms with Gasteiger partial charge in [-0.25, -0.2) is 9.37 Å². The Morgan fingerprint density at radius 1 is 1.25 bits per heavy atom. The van der Waals surface area contributed by atoms with Crippen LogP contribution < -0.4 is 10.6 Å². The van der Waals surface area contributed by atoms with Gasteiger partial charge in [0.05, 0.1) is 16.4 Å². The minimum Gasteiger partial charge on any atom is -0.397 e. The average molecular weight is 408 g/mol. The summed E-state index contributed by atoms with van der Waals surface area (Å²) in [5, 5.41) is 8.17. The van der Waals surface area contributed by atoms with Crippen molar-refractivity contribution in [3.63, 3.8) is 0 Å². The second-order valence-corrected chi connectivity index (χ2v) is 7.05. The van der Waals surface area contributed by atoms with Gasteiger partial charge in [-0.15, -0.1) is 0 Å². The summed E-state index contributed by atoms with van der Waals surface area (Å²) in [5.41, 5.74) is 7.45. The summed E-state index contributed by atoms with van der Waals surface area (Å²) in [5.74, 6) is 0.282. The first-order chi connectivity index (χ1) is 13.3. The molecule has 0 amide bonds. The van der Waals surface area contributed by atoms with Crippen molar-refractivity contribution < 1.29 is 4.39 Å². The Kier molecular flexibility index (Phi) is 10.5. The van der Waals surface area contributed by atoms with Crippen LogP contribution in [0.5, 0.6) is 0 Å². The largest absolute Gasteiger partial charge is 0.397 e. The summed E-state index contributed by atoms with van der Waals surface area (Å²) in [6.45, 7) is 9.83. The van der Waals surface area contributed by atoms with Crippen LogP contribution in [0.3, 0.4) is 0 Å². The van der Waals surface area contributed by atoms with Gasteiger partial charge in [-0.05, 0) is 43.4 Å². The van der Waals surface area contributed by atoms with Crippen LogP contribution in [0.25, 0.3) is 0 Å². The zero-order chi connectivity index (χ0) is 21.1. The maximum absolute atomic E-state index is 13.6. The van der Waals surface area contributed by atoms with Crippen LogP contribution in [0, 0.1) is 17.1 Å². The predicted octanol–water partition coefficient (Wildman–Crippen LogP) is 5.58. The molecule has 1 atom stereocenters. The molecule has 2 aromatic rings. The Bertz CT molecular complexity index is 747. The number of anilines is 2. The molecule has 2 aromatic heterocycles. The molecule has 0 radical (unpaired) electrons. The van der Waals surface area contributed by atoms with E-state index in [1.54, 1.807) is 18.3 Å². The van der Waals surface area contributed by atoms with E-state index in [0.29, 0.717) is 27.9 Å². The van der Waals surface area contributed by atoms with Crippen LogP contribution in [0.1, 0.15) is 52.7 Å². The molecule has 1 unspecified atom stereocenters. The molecular formula is C21H31ClFN5. The monoisotopic (exact) mass is 407 g/mol. The smallest absolute Gasteiger partial charge is 0.167 e. The summed E-state index contributed by atoms with van der Waals surface area (Å²) >= 11 is 5.65. The van der Waals surface area contributed by atoms with Crippen molar-refractivity contribution in [3.8, 4) is 0 Å². The second-order valence-electron chi connectivity index (χ2n) is 6.61. The minimum atomic E-state index is -0.343. The topological polar surface area (TPSA) is 78.9 Å². The number of nitrogen functional groups attached to an aromatic ring is 1. The standard InChI is InChI=1S/C11H16ClFN2.C10H15N3/c1-3-5-15(6-4-2)11-10(13)7-9(12)8-14-11;1-3-7(2)9(12)10-8(11)5-4-6-13-10/h7-8H,3-6H2,1-2H3;4-7,12H,3,11H2,1-2H3. The normalized spacial score (nSPS) is 11.4. The first-order valence-corrected chi connectivity index (χ1v) is 10.1. The molecule has 0 bridgehead atoms. The Hall–Kier alpha value is -2.21. The van der Waals surface area contributed by atoms with Gasteiger partial charge in [-0.3, -0.25) is 4.98 Å². The summed E-state index contributed by atoms with van der Waals surface area (Å²) < 4.78 is 13.6. The van der Waals surface area contributed by atoms with E-state index in [1.807, 2.05) is 11.8 Å². The van der Waals surface area contributed by atoms with Gasteiger partial charge in [-0.1, -0.05) is 39.3 Å². The summed E-state index contributed by atoms with van der Waals surface area (Å²) in [4.78, 5) is 10.1. The van der Waals surface area contributed by atoms with Gasteiger partial charge in [0.2, 0.25) is 0 Å². The van der Waals surface area contributed by atoms with Crippen molar-refractivity contribution in [1.29, 1.82) is 5.41 Å². The summed E-state index contributed by atoms with van der Waals surface area (Å²) in [6.07, 6.45) is 6.04. The molecule has 0 spiro atoms. The van der Waals surface area contributed by atoms with Crippen LogP contribution >= 0.6 is 11.6 Å². The van der Waals surface area contributed by atoms with Gasteiger partial charge in [0.25, 0.3) is 0 Å². The molecule has 0 aliphatic heterocycles. The van der Waals surface area contributed by atoms with Crippen molar-refractivity contribution in [2.45, 2.75) is 47.0 Å². The number of hydrogen-bond acceptors (Lipinski definition) is 5. The Labute approximate surface area is 172 Å². The van der Waals surface area contributed by atoms with Crippen molar-refractivity contribution in [1.82, 2.24) is 9.97 Å². The highest BCUT2D eigenvalue weighted by Crippen LogP contribution is 2.20. The number of rotatable bonds is 8. The van der Waals surface area contributed by atoms with E-state index in [1.165, 1.54) is 12.3 Å². The first kappa shape index (κ1) is 23.8. The van der Waals surface area contributed by atoms with Crippen LogP contribution in [-0.4, -0.2) is 28.8 Å². The SMILES string of the molecule is CCC(C)C(=N)c1ncccc1N.CCCN(CCC)c1ncc(Cl)cc1F. The Morgan fingerprint density at radius 2 is 1.89 bits per heavy atom. The zero-order valence-electron chi connectivity index (χ0n) is 17.2. The first-order valence-electron chi connectivity index (χ1n) is 9.70. The second kappa shape index (κ2) is 12.3. The molecule has 7 heteroatoms. The van der Waals surface area contributed by atoms with Crippen LogP contribution in [0.2, 0.25) is 5.02 Å². The van der Waals surface area contributed by atoms with Crippen molar-refractivity contribution in [3.05, 3.63) is 47.1 Å². The maximum atomic E-state index is 13.6. The van der Waals surface area contributed by atoms with Crippen molar-refractivity contribution in [2.75, 3.05) is 23.7 Å². The summed E-state index contributed by atoms with van der Waals surface area (Å²) in [6, 6.07) is 4.87. The van der Waals surface area contributed by atoms with Gasteiger partial charge >= 0.3 is 0 Å². The van der Waals surface area contributed by atoms with E-state index in [0.717, 1.165) is 32.4 Å². The molecule has 0 fully saturated rings. The third-order valence-electron chi connectivity index (χ3n) is 4.27. The van der Waals surface area contributed by atoms with E-state index in [-0.39, 0.29) is 11.7 Å². The number of nitrogens with zero attached hydrogens (tertiary/aromatic N) is 3. The fourth-order valence-electron chi connectivity index (χ4n) is 2.58. The van der Waals surface area contributed by atoms with E-state index in [9.17, 15) is 4.39 Å². The number of nitrogens with one attached hydrogen (secondary N) is 1. The Morgan fingerprint density at radius 3 is 2.39 bits per heavy atom. The van der Waals surface area contributed by atoms with E-state index in [2.05, 4.69) is 30.7 Å². The molecule has 0 saturated heterocycles. The number of hydrogen-bond donors (Lipinski definition) is 2. The third kappa shape index (κ3) is 7.08. The number of aromatic nitrogens is 2. The van der Waals surface area contributed by atoms with Gasteiger partial charge in [-0.2, -0.15) is 0 Å². The van der Waals surface area contributed by atoms with E-state index >= 15 is 0 Å². The molecule has 0 aliphatic rings. The minimum absolute atomic E-state index is 0.220. The molecule has 2 heterocycles. The van der Waals surface area contributed by atoms with Gasteiger partial charge in [0.15, 0.2) is 11.6 Å². The highest BCUT2D eigenvalue weighted by Gasteiger charge is 2.13. The number of pyridine rings is 2. The average Bonchev–Trinajstić information content (AvgIpc) is 2.68. The van der Waals surface area contributed by atoms with E-state index in [4.69, 9.17) is 22.7 Å². The molecule has 5 nitrogen and oxygen atoms in total. The lowest BCUT2D eigenvalue weighted by molar-refractivity contribution is 0.604. The van der Waals surface area contributed by atoms with Crippen LogP contribution in [0.4, 0.5) is 15.9 Å². The molecular weight excluding hydrogens is 377 g/mol. The fraction of sp³-hybridized carbons (Fsp3) is 0.476. The van der Waals surface area contributed by atoms with Crippen LogP contribution in [-0.2, 0) is 0 Å². The fourth-order valence-corrected chi connectivity index (χ4v) is 2.73. The molecule has 0 aromatic carbocycles. The van der Waals surface area contributed by atoms with Crippen molar-refractivity contribution >= 4 is 28.8 Å². The quantitative estimate of drug-likeness (QED) is 0.560. The lowest BCUT2D eigenvalue weighted by Gasteiger charge is -2.22. The molecule has 154 valence electrons. The van der Waals surface area contributed by atoms with Gasteiger partial charge in [0, 0.05) is 25.5 Å². The molecule has 0 saturated carbocycles.